The first-order valence-corrected chi connectivity index (χ1v) is 12.6. The Bertz CT molecular complexity index is 1330. The van der Waals surface area contributed by atoms with E-state index in [1.807, 2.05) is 61.7 Å². The monoisotopic (exact) mass is 488 g/mol. The fraction of sp³-hybridized carbons (Fsp3) is 0.231. The maximum Gasteiger partial charge on any atom is 0.189 e. The van der Waals surface area contributed by atoms with E-state index < -0.39 is 0 Å². The van der Waals surface area contributed by atoms with Crippen molar-refractivity contribution in [1.82, 2.24) is 15.0 Å². The summed E-state index contributed by atoms with van der Waals surface area (Å²) in [6.07, 6.45) is 5.60. The lowest BCUT2D eigenvalue weighted by Crippen LogP contribution is -2.10. The Morgan fingerprint density at radius 3 is 2.50 bits per heavy atom. The molecule has 2 aromatic heterocycles. The fourth-order valence-electron chi connectivity index (χ4n) is 3.64. The highest BCUT2D eigenvalue weighted by molar-refractivity contribution is 7.98. The minimum Gasteiger partial charge on any atom is -0.384 e. The molecule has 2 heterocycles. The molecular formula is C26H25ClN6S. The van der Waals surface area contributed by atoms with Crippen LogP contribution in [0.5, 0.6) is 0 Å². The lowest BCUT2D eigenvalue weighted by atomic mass is 10.1. The summed E-state index contributed by atoms with van der Waals surface area (Å²) in [7, 11) is 0. The highest BCUT2D eigenvalue weighted by atomic mass is 35.5. The van der Waals surface area contributed by atoms with Crippen LogP contribution in [-0.4, -0.2) is 34.3 Å². The van der Waals surface area contributed by atoms with Crippen LogP contribution in [0, 0.1) is 18.3 Å². The summed E-state index contributed by atoms with van der Waals surface area (Å²) in [5.41, 5.74) is 5.14. The number of nitrogens with one attached hydrogen (secondary N) is 2. The van der Waals surface area contributed by atoms with Crippen molar-refractivity contribution in [3.8, 4) is 17.3 Å². The zero-order valence-electron chi connectivity index (χ0n) is 19.1. The molecule has 2 N–H and O–H groups in total. The Balaban J connectivity index is 1.38. The third kappa shape index (κ3) is 5.58. The van der Waals surface area contributed by atoms with Crippen LogP contribution < -0.4 is 10.6 Å². The van der Waals surface area contributed by atoms with Gasteiger partial charge in [-0.2, -0.15) is 5.26 Å². The smallest absolute Gasteiger partial charge is 0.189 e. The Hall–Kier alpha value is -3.34. The number of aryl methyl sites for hydroxylation is 1. The van der Waals surface area contributed by atoms with Crippen LogP contribution in [0.25, 0.3) is 22.2 Å². The number of thioether (sulfide) groups is 1. The van der Waals surface area contributed by atoms with Crippen molar-refractivity contribution < 1.29 is 0 Å². The molecule has 0 unspecified atom stereocenters. The lowest BCUT2D eigenvalue weighted by Gasteiger charge is -2.13. The summed E-state index contributed by atoms with van der Waals surface area (Å²) >= 11 is 7.54. The van der Waals surface area contributed by atoms with Crippen LogP contribution in [-0.2, 0) is 0 Å². The number of hydrogen-bond donors (Lipinski definition) is 2. The van der Waals surface area contributed by atoms with Crippen molar-refractivity contribution in [3.63, 3.8) is 0 Å². The molecule has 4 aromatic rings. The van der Waals surface area contributed by atoms with Crippen molar-refractivity contribution in [3.05, 3.63) is 70.9 Å². The molecule has 0 bridgehead atoms. The number of nitrogens with zero attached hydrogens (tertiary/aromatic N) is 4. The van der Waals surface area contributed by atoms with Gasteiger partial charge in [-0.15, -0.1) is 0 Å². The normalized spacial score (nSPS) is 10.8. The molecule has 8 heteroatoms. The zero-order valence-corrected chi connectivity index (χ0v) is 20.7. The summed E-state index contributed by atoms with van der Waals surface area (Å²) in [5.74, 6) is 0.586. The maximum atomic E-state index is 9.85. The van der Waals surface area contributed by atoms with Crippen LogP contribution in [0.1, 0.15) is 24.0 Å². The highest BCUT2D eigenvalue weighted by Gasteiger charge is 2.15. The number of halogens is 1. The first kappa shape index (κ1) is 23.8. The minimum atomic E-state index is 0.474. The van der Waals surface area contributed by atoms with E-state index in [1.165, 1.54) is 11.8 Å². The number of fused-ring (bicyclic) bond motifs is 1. The van der Waals surface area contributed by atoms with Gasteiger partial charge in [0.1, 0.15) is 17.5 Å². The van der Waals surface area contributed by atoms with E-state index >= 15 is 0 Å². The first-order valence-electron chi connectivity index (χ1n) is 11.0. The molecule has 0 saturated carbocycles. The number of rotatable bonds is 9. The predicted molar refractivity (Wildman–Crippen MR) is 142 cm³/mol. The Morgan fingerprint density at radius 2 is 1.76 bits per heavy atom. The van der Waals surface area contributed by atoms with Crippen LogP contribution in [0.4, 0.5) is 11.5 Å². The lowest BCUT2D eigenvalue weighted by molar-refractivity contribution is 0.790. The van der Waals surface area contributed by atoms with Crippen molar-refractivity contribution in [2.45, 2.75) is 24.9 Å². The minimum absolute atomic E-state index is 0.474. The molecule has 0 aliphatic heterocycles. The van der Waals surface area contributed by atoms with E-state index in [4.69, 9.17) is 11.6 Å². The van der Waals surface area contributed by atoms with Crippen molar-refractivity contribution >= 4 is 45.8 Å². The molecule has 4 rings (SSSR count). The number of hydrogen-bond acceptors (Lipinski definition) is 7. The SMILES string of the molecule is CSc1nc(NCCCCNc2ccnc3cc(Cl)ccc23)c(C#N)c(-c2ccc(C)cc2)n1. The summed E-state index contributed by atoms with van der Waals surface area (Å²) in [5, 5.41) is 19.1. The Morgan fingerprint density at radius 1 is 1.00 bits per heavy atom. The van der Waals surface area contributed by atoms with Gasteiger partial charge in [-0.1, -0.05) is 53.2 Å². The number of pyridine rings is 1. The van der Waals surface area contributed by atoms with Gasteiger partial charge in [0.15, 0.2) is 5.16 Å². The molecule has 6 nitrogen and oxygen atoms in total. The molecule has 2 aromatic carbocycles. The summed E-state index contributed by atoms with van der Waals surface area (Å²) in [6.45, 7) is 3.57. The average molecular weight is 489 g/mol. The van der Waals surface area contributed by atoms with Crippen molar-refractivity contribution in [2.24, 2.45) is 0 Å². The summed E-state index contributed by atoms with van der Waals surface area (Å²) < 4.78 is 0. The molecule has 0 aliphatic rings. The van der Waals surface area contributed by atoms with E-state index in [1.54, 1.807) is 6.20 Å². The third-order valence-corrected chi connectivity index (χ3v) is 6.21. The molecular weight excluding hydrogens is 464 g/mol. The molecule has 0 saturated heterocycles. The molecule has 0 fully saturated rings. The molecule has 0 spiro atoms. The maximum absolute atomic E-state index is 9.85. The standard InChI is InChI=1S/C26H25ClN6S/c1-17-5-7-18(8-6-17)24-21(16-28)25(33-26(32-24)34-2)31-13-4-3-12-29-22-11-14-30-23-15-19(27)9-10-20(22)23/h5-11,14-15H,3-4,12-13H2,1-2H3,(H,29,30)(H,31,32,33). The molecule has 0 aliphatic carbocycles. The Kier molecular flexibility index (Phi) is 7.84. The van der Waals surface area contributed by atoms with Gasteiger partial charge in [-0.3, -0.25) is 4.98 Å². The Labute approximate surface area is 208 Å². The second-order valence-electron chi connectivity index (χ2n) is 7.84. The predicted octanol–water partition coefficient (Wildman–Crippen LogP) is 6.55. The summed E-state index contributed by atoms with van der Waals surface area (Å²) in [4.78, 5) is 13.6. The molecule has 172 valence electrons. The quantitative estimate of drug-likeness (QED) is 0.157. The van der Waals surface area contributed by atoms with Crippen molar-refractivity contribution in [2.75, 3.05) is 30.0 Å². The number of anilines is 2. The van der Waals surface area contributed by atoms with Gasteiger partial charge in [-0.25, -0.2) is 9.97 Å². The number of nitriles is 1. The third-order valence-electron chi connectivity index (χ3n) is 5.42. The van der Waals surface area contributed by atoms with Crippen LogP contribution in [0.3, 0.4) is 0 Å². The van der Waals surface area contributed by atoms with Crippen LogP contribution in [0.2, 0.25) is 5.02 Å². The van der Waals surface area contributed by atoms with Gasteiger partial charge in [-0.05, 0) is 50.3 Å². The number of benzene rings is 2. The van der Waals surface area contributed by atoms with E-state index in [-0.39, 0.29) is 0 Å². The van der Waals surface area contributed by atoms with Crippen LogP contribution in [0.15, 0.2) is 59.9 Å². The zero-order chi connectivity index (χ0) is 23.9. The molecule has 0 radical (unpaired) electrons. The largest absolute Gasteiger partial charge is 0.384 e. The van der Waals surface area contributed by atoms with E-state index in [0.717, 1.165) is 47.1 Å². The van der Waals surface area contributed by atoms with Gasteiger partial charge in [0.05, 0.1) is 11.2 Å². The van der Waals surface area contributed by atoms with Gasteiger partial charge in [0.25, 0.3) is 0 Å². The summed E-state index contributed by atoms with van der Waals surface area (Å²) in [6, 6.07) is 18.1. The molecule has 0 atom stereocenters. The molecule has 34 heavy (non-hydrogen) atoms. The molecule has 0 amide bonds. The van der Waals surface area contributed by atoms with Gasteiger partial charge in [0, 0.05) is 40.9 Å². The number of unbranched alkanes of at least 4 members (excludes halogenated alkanes) is 1. The second kappa shape index (κ2) is 11.2. The first-order chi connectivity index (χ1) is 16.6. The van der Waals surface area contributed by atoms with Gasteiger partial charge >= 0.3 is 0 Å². The average Bonchev–Trinajstić information content (AvgIpc) is 2.85. The fourth-order valence-corrected chi connectivity index (χ4v) is 4.17. The van der Waals surface area contributed by atoms with E-state index in [9.17, 15) is 5.26 Å². The van der Waals surface area contributed by atoms with E-state index in [2.05, 4.69) is 31.7 Å². The van der Waals surface area contributed by atoms with Gasteiger partial charge in [0.2, 0.25) is 0 Å². The number of aromatic nitrogens is 3. The van der Waals surface area contributed by atoms with Crippen molar-refractivity contribution in [1.29, 1.82) is 5.26 Å². The van der Waals surface area contributed by atoms with E-state index in [0.29, 0.717) is 33.8 Å². The van der Waals surface area contributed by atoms with Gasteiger partial charge < -0.3 is 10.6 Å². The second-order valence-corrected chi connectivity index (χ2v) is 9.05. The van der Waals surface area contributed by atoms with Crippen LogP contribution >= 0.6 is 23.4 Å². The topological polar surface area (TPSA) is 86.5 Å². The highest BCUT2D eigenvalue weighted by Crippen LogP contribution is 2.29.